The third-order valence-electron chi connectivity index (χ3n) is 4.23. The molecule has 2 amide bonds. The topological polar surface area (TPSA) is 57.3 Å². The zero-order valence-electron chi connectivity index (χ0n) is 13.1. The SMILES string of the molecule is O=C(NCC1CCN(c2ccncc2)CC1)Nc1ccccc1. The molecule has 5 nitrogen and oxygen atoms in total. The van der Waals surface area contributed by atoms with E-state index in [2.05, 4.69) is 20.5 Å². The fourth-order valence-corrected chi connectivity index (χ4v) is 2.88. The molecule has 0 saturated carbocycles. The number of nitrogens with one attached hydrogen (secondary N) is 2. The van der Waals surface area contributed by atoms with Crippen molar-refractivity contribution in [2.45, 2.75) is 12.8 Å². The van der Waals surface area contributed by atoms with Gasteiger partial charge in [0.1, 0.15) is 0 Å². The van der Waals surface area contributed by atoms with Gasteiger partial charge in [-0.1, -0.05) is 18.2 Å². The molecule has 5 heteroatoms. The van der Waals surface area contributed by atoms with Gasteiger partial charge in [-0.25, -0.2) is 4.79 Å². The van der Waals surface area contributed by atoms with Crippen LogP contribution < -0.4 is 15.5 Å². The Hall–Kier alpha value is -2.56. The second-order valence-electron chi connectivity index (χ2n) is 5.84. The van der Waals surface area contributed by atoms with Crippen molar-refractivity contribution in [3.05, 3.63) is 54.9 Å². The van der Waals surface area contributed by atoms with Crippen molar-refractivity contribution in [2.24, 2.45) is 5.92 Å². The lowest BCUT2D eigenvalue weighted by molar-refractivity contribution is 0.248. The van der Waals surface area contributed by atoms with Crippen molar-refractivity contribution in [1.82, 2.24) is 10.3 Å². The highest BCUT2D eigenvalue weighted by atomic mass is 16.2. The van der Waals surface area contributed by atoms with E-state index in [1.807, 2.05) is 54.9 Å². The van der Waals surface area contributed by atoms with Crippen LogP contribution in [-0.2, 0) is 0 Å². The number of urea groups is 1. The number of benzene rings is 1. The van der Waals surface area contributed by atoms with E-state index in [4.69, 9.17) is 0 Å². The van der Waals surface area contributed by atoms with Gasteiger partial charge in [-0.2, -0.15) is 0 Å². The third kappa shape index (κ3) is 4.45. The van der Waals surface area contributed by atoms with E-state index in [0.29, 0.717) is 5.92 Å². The Balaban J connectivity index is 1.40. The van der Waals surface area contributed by atoms with Crippen molar-refractivity contribution in [3.63, 3.8) is 0 Å². The van der Waals surface area contributed by atoms with E-state index in [-0.39, 0.29) is 6.03 Å². The van der Waals surface area contributed by atoms with Crippen molar-refractivity contribution in [3.8, 4) is 0 Å². The first-order valence-corrected chi connectivity index (χ1v) is 8.06. The number of carbonyl (C=O) groups is 1. The zero-order valence-corrected chi connectivity index (χ0v) is 13.1. The number of nitrogens with zero attached hydrogens (tertiary/aromatic N) is 2. The Morgan fingerprint density at radius 3 is 2.48 bits per heavy atom. The molecule has 0 radical (unpaired) electrons. The predicted octanol–water partition coefficient (Wildman–Crippen LogP) is 3.12. The molecule has 1 saturated heterocycles. The molecule has 0 unspecified atom stereocenters. The summed E-state index contributed by atoms with van der Waals surface area (Å²) in [4.78, 5) is 18.3. The fraction of sp³-hybridized carbons (Fsp3) is 0.333. The van der Waals surface area contributed by atoms with E-state index in [0.717, 1.165) is 38.2 Å². The van der Waals surface area contributed by atoms with Crippen LogP contribution in [0.3, 0.4) is 0 Å². The average molecular weight is 310 g/mol. The second kappa shape index (κ2) is 7.63. The van der Waals surface area contributed by atoms with Gasteiger partial charge in [-0.15, -0.1) is 0 Å². The summed E-state index contributed by atoms with van der Waals surface area (Å²) in [5, 5.41) is 5.83. The summed E-state index contributed by atoms with van der Waals surface area (Å²) in [5.41, 5.74) is 2.05. The van der Waals surface area contributed by atoms with Gasteiger partial charge in [-0.05, 0) is 43.0 Å². The van der Waals surface area contributed by atoms with Gasteiger partial charge < -0.3 is 15.5 Å². The van der Waals surface area contributed by atoms with Crippen LogP contribution in [0.2, 0.25) is 0 Å². The number of rotatable bonds is 4. The number of pyridine rings is 1. The maximum atomic E-state index is 11.9. The normalized spacial score (nSPS) is 15.2. The first-order valence-electron chi connectivity index (χ1n) is 8.06. The van der Waals surface area contributed by atoms with Crippen LogP contribution in [-0.4, -0.2) is 30.6 Å². The van der Waals surface area contributed by atoms with Crippen LogP contribution in [0, 0.1) is 5.92 Å². The number of anilines is 2. The highest BCUT2D eigenvalue weighted by Crippen LogP contribution is 2.22. The molecular weight excluding hydrogens is 288 g/mol. The molecule has 1 fully saturated rings. The molecule has 0 aliphatic carbocycles. The highest BCUT2D eigenvalue weighted by Gasteiger charge is 2.19. The second-order valence-corrected chi connectivity index (χ2v) is 5.84. The minimum absolute atomic E-state index is 0.132. The van der Waals surface area contributed by atoms with Gasteiger partial charge in [-0.3, -0.25) is 4.98 Å². The molecule has 1 aliphatic rings. The molecular formula is C18H22N4O. The van der Waals surface area contributed by atoms with E-state index < -0.39 is 0 Å². The van der Waals surface area contributed by atoms with Crippen LogP contribution >= 0.6 is 0 Å². The van der Waals surface area contributed by atoms with Crippen LogP contribution in [0.4, 0.5) is 16.2 Å². The maximum Gasteiger partial charge on any atom is 0.319 e. The van der Waals surface area contributed by atoms with E-state index in [1.54, 1.807) is 0 Å². The van der Waals surface area contributed by atoms with Crippen LogP contribution in [0.5, 0.6) is 0 Å². The molecule has 1 aromatic carbocycles. The minimum atomic E-state index is -0.132. The number of hydrogen-bond donors (Lipinski definition) is 2. The van der Waals surface area contributed by atoms with Gasteiger partial charge >= 0.3 is 6.03 Å². The van der Waals surface area contributed by atoms with Crippen molar-refractivity contribution in [2.75, 3.05) is 29.9 Å². The number of piperidine rings is 1. The number of aromatic nitrogens is 1. The zero-order chi connectivity index (χ0) is 15.9. The summed E-state index contributed by atoms with van der Waals surface area (Å²) in [6, 6.07) is 13.5. The van der Waals surface area contributed by atoms with E-state index in [1.165, 1.54) is 5.69 Å². The molecule has 2 N–H and O–H groups in total. The number of para-hydroxylation sites is 1. The Bertz CT molecular complexity index is 609. The molecule has 2 heterocycles. The van der Waals surface area contributed by atoms with Crippen molar-refractivity contribution in [1.29, 1.82) is 0 Å². The number of carbonyl (C=O) groups excluding carboxylic acids is 1. The number of hydrogen-bond acceptors (Lipinski definition) is 3. The Labute approximate surface area is 136 Å². The molecule has 0 spiro atoms. The highest BCUT2D eigenvalue weighted by molar-refractivity contribution is 5.89. The molecule has 23 heavy (non-hydrogen) atoms. The van der Waals surface area contributed by atoms with E-state index in [9.17, 15) is 4.79 Å². The smallest absolute Gasteiger partial charge is 0.319 e. The lowest BCUT2D eigenvalue weighted by Crippen LogP contribution is -2.39. The summed E-state index contributed by atoms with van der Waals surface area (Å²) >= 11 is 0. The third-order valence-corrected chi connectivity index (χ3v) is 4.23. The number of amides is 2. The minimum Gasteiger partial charge on any atom is -0.371 e. The summed E-state index contributed by atoms with van der Waals surface area (Å²) in [6.07, 6.45) is 5.84. The summed E-state index contributed by atoms with van der Waals surface area (Å²) in [5.74, 6) is 0.537. The fourth-order valence-electron chi connectivity index (χ4n) is 2.88. The van der Waals surface area contributed by atoms with Gasteiger partial charge in [0.05, 0.1) is 0 Å². The molecule has 0 atom stereocenters. The lowest BCUT2D eigenvalue weighted by atomic mass is 9.96. The summed E-state index contributed by atoms with van der Waals surface area (Å²) < 4.78 is 0. The van der Waals surface area contributed by atoms with Crippen molar-refractivity contribution >= 4 is 17.4 Å². The Kier molecular flexibility index (Phi) is 5.09. The standard InChI is InChI=1S/C18H22N4O/c23-18(21-16-4-2-1-3-5-16)20-14-15-8-12-22(13-9-15)17-6-10-19-11-7-17/h1-7,10-11,15H,8-9,12-14H2,(H2,20,21,23). The quantitative estimate of drug-likeness (QED) is 0.912. The molecule has 1 aliphatic heterocycles. The van der Waals surface area contributed by atoms with Gasteiger partial charge in [0, 0.05) is 43.4 Å². The van der Waals surface area contributed by atoms with Crippen LogP contribution in [0.15, 0.2) is 54.9 Å². The molecule has 1 aromatic heterocycles. The largest absolute Gasteiger partial charge is 0.371 e. The monoisotopic (exact) mass is 310 g/mol. The summed E-state index contributed by atoms with van der Waals surface area (Å²) in [6.45, 7) is 2.77. The van der Waals surface area contributed by atoms with Gasteiger partial charge in [0.25, 0.3) is 0 Å². The van der Waals surface area contributed by atoms with Gasteiger partial charge in [0.2, 0.25) is 0 Å². The molecule has 0 bridgehead atoms. The lowest BCUT2D eigenvalue weighted by Gasteiger charge is -2.33. The molecule has 3 rings (SSSR count). The first kappa shape index (κ1) is 15.3. The van der Waals surface area contributed by atoms with Crippen LogP contribution in [0.1, 0.15) is 12.8 Å². The van der Waals surface area contributed by atoms with Crippen molar-refractivity contribution < 1.29 is 4.79 Å². The Morgan fingerprint density at radius 2 is 1.78 bits per heavy atom. The first-order chi connectivity index (χ1) is 11.3. The van der Waals surface area contributed by atoms with Gasteiger partial charge in [0.15, 0.2) is 0 Å². The molecule has 2 aromatic rings. The Morgan fingerprint density at radius 1 is 1.09 bits per heavy atom. The predicted molar refractivity (Wildman–Crippen MR) is 92.6 cm³/mol. The maximum absolute atomic E-state index is 11.9. The van der Waals surface area contributed by atoms with E-state index >= 15 is 0 Å². The molecule has 120 valence electrons. The summed E-state index contributed by atoms with van der Waals surface area (Å²) in [7, 11) is 0. The average Bonchev–Trinajstić information content (AvgIpc) is 2.62. The van der Waals surface area contributed by atoms with Crippen LogP contribution in [0.25, 0.3) is 0 Å².